The van der Waals surface area contributed by atoms with Crippen LogP contribution in [0.2, 0.25) is 0 Å². The van der Waals surface area contributed by atoms with E-state index in [1.54, 1.807) is 0 Å². The quantitative estimate of drug-likeness (QED) is 0.653. The highest BCUT2D eigenvalue weighted by Crippen LogP contribution is 2.12. The molecule has 0 aliphatic rings. The van der Waals surface area contributed by atoms with Crippen molar-refractivity contribution in [1.29, 1.82) is 0 Å². The number of halogens is 2. The molecule has 5 nitrogen and oxygen atoms in total. The molecule has 0 aliphatic heterocycles. The van der Waals surface area contributed by atoms with Gasteiger partial charge in [0, 0.05) is 16.7 Å². The van der Waals surface area contributed by atoms with Crippen molar-refractivity contribution in [2.24, 2.45) is 0 Å². The van der Waals surface area contributed by atoms with Crippen LogP contribution in [0.3, 0.4) is 0 Å². The van der Waals surface area contributed by atoms with E-state index in [0.29, 0.717) is 9.04 Å². The van der Waals surface area contributed by atoms with Gasteiger partial charge < -0.3 is 0 Å². The third kappa shape index (κ3) is 5.06. The van der Waals surface area contributed by atoms with Gasteiger partial charge >= 0.3 is 0 Å². The lowest BCUT2D eigenvalue weighted by Crippen LogP contribution is -2.39. The fraction of sp³-hybridized carbons (Fsp3) is 1.00. The molecule has 0 rings (SSSR count). The van der Waals surface area contributed by atoms with E-state index < -0.39 is 20.0 Å². The van der Waals surface area contributed by atoms with E-state index in [1.807, 2.05) is 0 Å². The average Bonchev–Trinajstić information content (AvgIpc) is 1.95. The maximum absolute atomic E-state index is 11.1. The minimum Gasteiger partial charge on any atom is -0.212 e. The molecule has 0 fully saturated rings. The zero-order valence-corrected chi connectivity index (χ0v) is 12.4. The number of hydrogen-bond donors (Lipinski definition) is 0. The predicted octanol–water partition coefficient (Wildman–Crippen LogP) is 0.366. The van der Waals surface area contributed by atoms with Gasteiger partial charge in [0.05, 0.1) is 12.5 Å². The van der Waals surface area contributed by atoms with Crippen molar-refractivity contribution in [3.8, 4) is 0 Å². The maximum atomic E-state index is 11.1. The van der Waals surface area contributed by atoms with Crippen LogP contribution in [0.1, 0.15) is 0 Å². The van der Waals surface area contributed by atoms with Gasteiger partial charge in [0.2, 0.25) is 20.0 Å². The lowest BCUT2D eigenvalue weighted by atomic mass is 10.5. The normalized spacial score (nSPS) is 15.8. The minimum atomic E-state index is -3.73. The van der Waals surface area contributed by atoms with E-state index in [1.165, 1.54) is 0 Å². The summed E-state index contributed by atoms with van der Waals surface area (Å²) in [7, 11) is -7.47. The fourth-order valence-corrected chi connectivity index (χ4v) is 4.47. The molecule has 0 radical (unpaired) electrons. The first-order chi connectivity index (χ1) is 6.09. The van der Waals surface area contributed by atoms with Gasteiger partial charge in [-0.05, 0) is 0 Å². The second-order valence-electron chi connectivity index (χ2n) is 2.73. The molecule has 0 aromatic heterocycles. The second-order valence-corrected chi connectivity index (χ2v) is 8.72. The lowest BCUT2D eigenvalue weighted by molar-refractivity contribution is 0.507. The Morgan fingerprint density at radius 2 is 1.50 bits per heavy atom. The third-order valence-electron chi connectivity index (χ3n) is 1.25. The summed E-state index contributed by atoms with van der Waals surface area (Å²) in [5.41, 5.74) is 0. The van der Waals surface area contributed by atoms with E-state index in [2.05, 4.69) is 31.9 Å². The maximum Gasteiger partial charge on any atom is 0.224 e. The van der Waals surface area contributed by atoms with Crippen molar-refractivity contribution in [3.05, 3.63) is 0 Å². The molecule has 0 amide bonds. The zero-order chi connectivity index (χ0) is 11.6. The smallest absolute Gasteiger partial charge is 0.212 e. The predicted molar refractivity (Wildman–Crippen MR) is 62.9 cm³/mol. The summed E-state index contributed by atoms with van der Waals surface area (Å²) in [4.78, 5) is -0.244. The average molecular weight is 373 g/mol. The summed E-state index contributed by atoms with van der Waals surface area (Å²) in [6.45, 7) is -0.108. The Morgan fingerprint density at radius 1 is 1.14 bits per heavy atom. The summed E-state index contributed by atoms with van der Waals surface area (Å²) >= 11 is 6.26. The Bertz CT molecular complexity index is 345. The molecule has 9 heteroatoms. The van der Waals surface area contributed by atoms with Crippen molar-refractivity contribution in [3.63, 3.8) is 0 Å². The number of rotatable bonds is 5. The Balaban J connectivity index is 4.98. The monoisotopic (exact) mass is 371 g/mol. The highest BCUT2D eigenvalue weighted by atomic mass is 79.9. The first-order valence-corrected chi connectivity index (χ1v) is 9.20. The van der Waals surface area contributed by atoms with Crippen molar-refractivity contribution < 1.29 is 16.8 Å². The fourth-order valence-electron chi connectivity index (χ4n) is 0.727. The van der Waals surface area contributed by atoms with E-state index in [9.17, 15) is 16.8 Å². The van der Waals surface area contributed by atoms with Gasteiger partial charge in [0.15, 0.2) is 0 Å². The van der Waals surface area contributed by atoms with Crippen molar-refractivity contribution in [2.75, 3.05) is 24.4 Å². The Kier molecular flexibility index (Phi) is 5.55. The van der Waals surface area contributed by atoms with E-state index in [-0.39, 0.29) is 11.4 Å². The first-order valence-electron chi connectivity index (χ1n) is 3.47. The molecular weight excluding hydrogens is 362 g/mol. The second kappa shape index (κ2) is 5.24. The van der Waals surface area contributed by atoms with Crippen LogP contribution in [0, 0.1) is 0 Å². The van der Waals surface area contributed by atoms with Gasteiger partial charge in [-0.25, -0.2) is 16.8 Å². The molecule has 0 heterocycles. The van der Waals surface area contributed by atoms with Crippen LogP contribution >= 0.6 is 31.9 Å². The SMILES string of the molecule is CS(=O)(=O)N(CC(Br)CBr)S(C)(=O)=O. The van der Waals surface area contributed by atoms with Crippen LogP contribution < -0.4 is 0 Å². The van der Waals surface area contributed by atoms with Gasteiger partial charge in [0.25, 0.3) is 0 Å². The Labute approximate surface area is 101 Å². The summed E-state index contributed by atoms with van der Waals surface area (Å²) < 4.78 is 45.0. The molecular formula is C5H11Br2NO4S2. The molecule has 1 unspecified atom stereocenters. The minimum absolute atomic E-state index is 0.108. The summed E-state index contributed by atoms with van der Waals surface area (Å²) in [6, 6.07) is 0. The number of nitrogens with zero attached hydrogens (tertiary/aromatic N) is 1. The van der Waals surface area contributed by atoms with E-state index >= 15 is 0 Å². The van der Waals surface area contributed by atoms with Crippen LogP contribution in [0.4, 0.5) is 0 Å². The zero-order valence-electron chi connectivity index (χ0n) is 7.64. The molecule has 0 aliphatic carbocycles. The van der Waals surface area contributed by atoms with Gasteiger partial charge in [-0.3, -0.25) is 0 Å². The third-order valence-corrected chi connectivity index (χ3v) is 6.92. The molecule has 86 valence electrons. The topological polar surface area (TPSA) is 71.5 Å². The van der Waals surface area contributed by atoms with Crippen LogP contribution in [-0.4, -0.2) is 49.8 Å². The highest BCUT2D eigenvalue weighted by molar-refractivity contribution is 9.12. The highest BCUT2D eigenvalue weighted by Gasteiger charge is 2.28. The largest absolute Gasteiger partial charge is 0.224 e. The first kappa shape index (κ1) is 14.8. The molecule has 0 saturated heterocycles. The number of hydrogen-bond acceptors (Lipinski definition) is 4. The van der Waals surface area contributed by atoms with Crippen LogP contribution in [0.25, 0.3) is 0 Å². The van der Waals surface area contributed by atoms with Gasteiger partial charge in [0.1, 0.15) is 0 Å². The van der Waals surface area contributed by atoms with Crippen molar-refractivity contribution >= 4 is 51.9 Å². The Hall–Kier alpha value is 0.820. The number of sulfonamides is 2. The van der Waals surface area contributed by atoms with Crippen LogP contribution in [0.15, 0.2) is 0 Å². The van der Waals surface area contributed by atoms with Gasteiger partial charge in [-0.1, -0.05) is 35.6 Å². The number of alkyl halides is 2. The lowest BCUT2D eigenvalue weighted by Gasteiger charge is -2.19. The standard InChI is InChI=1S/C5H11Br2NO4S2/c1-13(9,10)8(14(2,11)12)4-5(7)3-6/h5H,3-4H2,1-2H3. The molecule has 0 N–H and O–H groups in total. The summed E-state index contributed by atoms with van der Waals surface area (Å²) in [6.07, 6.45) is 1.73. The van der Waals surface area contributed by atoms with Gasteiger partial charge in [-0.2, -0.15) is 0 Å². The molecule has 0 saturated carbocycles. The van der Waals surface area contributed by atoms with Crippen molar-refractivity contribution in [1.82, 2.24) is 3.71 Å². The van der Waals surface area contributed by atoms with E-state index in [0.717, 1.165) is 12.5 Å². The summed E-state index contributed by atoms with van der Waals surface area (Å²) in [5.74, 6) is 0. The molecule has 1 atom stereocenters. The molecule has 14 heavy (non-hydrogen) atoms. The molecule has 0 aromatic carbocycles. The molecule has 0 spiro atoms. The Morgan fingerprint density at radius 3 is 1.71 bits per heavy atom. The van der Waals surface area contributed by atoms with E-state index in [4.69, 9.17) is 0 Å². The van der Waals surface area contributed by atoms with Crippen LogP contribution in [-0.2, 0) is 20.0 Å². The molecule has 0 bridgehead atoms. The molecule has 0 aromatic rings. The van der Waals surface area contributed by atoms with Gasteiger partial charge in [-0.15, -0.1) is 0 Å². The van der Waals surface area contributed by atoms with Crippen molar-refractivity contribution in [2.45, 2.75) is 4.83 Å². The van der Waals surface area contributed by atoms with Crippen LogP contribution in [0.5, 0.6) is 0 Å². The summed E-state index contributed by atoms with van der Waals surface area (Å²) in [5, 5.41) is 0.467.